The van der Waals surface area contributed by atoms with Crippen molar-refractivity contribution in [2.24, 2.45) is 5.92 Å². The monoisotopic (exact) mass is 388 g/mol. The van der Waals surface area contributed by atoms with E-state index >= 15 is 0 Å². The number of benzene rings is 1. The van der Waals surface area contributed by atoms with Gasteiger partial charge in [0.15, 0.2) is 0 Å². The topological polar surface area (TPSA) is 9.23 Å². The largest absolute Gasteiger partial charge is 0.372 e. The van der Waals surface area contributed by atoms with Crippen molar-refractivity contribution in [3.8, 4) is 0 Å². The molecule has 1 unspecified atom stereocenters. The van der Waals surface area contributed by atoms with Gasteiger partial charge in [0.25, 0.3) is 0 Å². The van der Waals surface area contributed by atoms with Gasteiger partial charge in [-0.3, -0.25) is 0 Å². The maximum absolute atomic E-state index is 6.15. The molecule has 1 fully saturated rings. The molecule has 2 rings (SSSR count). The second kappa shape index (κ2) is 8.43. The summed E-state index contributed by atoms with van der Waals surface area (Å²) in [5.41, 5.74) is 1.26. The zero-order valence-corrected chi connectivity index (χ0v) is 14.5. The maximum atomic E-state index is 6.15. The molecule has 0 amide bonds. The van der Waals surface area contributed by atoms with Crippen LogP contribution in [0.1, 0.15) is 50.2 Å². The van der Waals surface area contributed by atoms with Crippen LogP contribution in [0.25, 0.3) is 0 Å². The highest BCUT2D eigenvalue weighted by Crippen LogP contribution is 2.27. The predicted octanol–water partition coefficient (Wildman–Crippen LogP) is 5.87. The smallest absolute Gasteiger partial charge is 0.0921 e. The first-order chi connectivity index (χ1) is 9.29. The van der Waals surface area contributed by atoms with Crippen molar-refractivity contribution < 1.29 is 4.74 Å². The molecule has 0 spiro atoms. The molecule has 1 saturated carbocycles. The maximum Gasteiger partial charge on any atom is 0.0921 e. The molecule has 1 aromatic rings. The van der Waals surface area contributed by atoms with E-state index in [4.69, 9.17) is 4.74 Å². The Labute approximate surface area is 133 Å². The molecule has 1 aromatic carbocycles. The Morgan fingerprint density at radius 2 is 1.68 bits per heavy atom. The molecule has 1 nitrogen and oxygen atoms in total. The van der Waals surface area contributed by atoms with Crippen molar-refractivity contribution in [3.05, 3.63) is 34.3 Å². The van der Waals surface area contributed by atoms with E-state index in [0.717, 1.165) is 22.3 Å². The fourth-order valence-electron chi connectivity index (χ4n) is 2.69. The van der Waals surface area contributed by atoms with Crippen molar-refractivity contribution >= 4 is 31.9 Å². The molecule has 0 saturated heterocycles. The summed E-state index contributed by atoms with van der Waals surface area (Å²) in [5.74, 6) is 0.763. The van der Waals surface area contributed by atoms with Crippen LogP contribution in [-0.4, -0.2) is 11.9 Å². The molecule has 0 aromatic heterocycles. The highest BCUT2D eigenvalue weighted by atomic mass is 79.9. The van der Waals surface area contributed by atoms with Gasteiger partial charge in [-0.15, -0.1) is 0 Å². The standard InChI is InChI=1S/C16H22Br2O/c17-11-16(14-7-9-15(18)10-8-14)19-12-13-5-3-1-2-4-6-13/h7-10,13,16H,1-6,11-12H2. The Balaban J connectivity index is 1.86. The Hall–Kier alpha value is 0.140. The summed E-state index contributed by atoms with van der Waals surface area (Å²) >= 11 is 7.05. The molecule has 0 aliphatic heterocycles. The fraction of sp³-hybridized carbons (Fsp3) is 0.625. The number of ether oxygens (including phenoxy) is 1. The molecule has 1 aliphatic rings. The minimum absolute atomic E-state index is 0.177. The van der Waals surface area contributed by atoms with Gasteiger partial charge in [0.05, 0.1) is 12.7 Å². The minimum atomic E-state index is 0.177. The molecule has 0 heterocycles. The quantitative estimate of drug-likeness (QED) is 0.451. The molecular formula is C16H22Br2O. The Morgan fingerprint density at radius 1 is 1.05 bits per heavy atom. The van der Waals surface area contributed by atoms with Gasteiger partial charge in [-0.05, 0) is 36.5 Å². The van der Waals surface area contributed by atoms with Crippen molar-refractivity contribution in [3.63, 3.8) is 0 Å². The number of hydrogen-bond acceptors (Lipinski definition) is 1. The van der Waals surface area contributed by atoms with Gasteiger partial charge < -0.3 is 4.74 Å². The normalized spacial score (nSPS) is 19.1. The van der Waals surface area contributed by atoms with Crippen LogP contribution in [0.5, 0.6) is 0 Å². The minimum Gasteiger partial charge on any atom is -0.372 e. The lowest BCUT2D eigenvalue weighted by Crippen LogP contribution is -2.14. The number of alkyl halides is 1. The van der Waals surface area contributed by atoms with Crippen LogP contribution < -0.4 is 0 Å². The number of halogens is 2. The van der Waals surface area contributed by atoms with Crippen LogP contribution in [-0.2, 0) is 4.74 Å². The van der Waals surface area contributed by atoms with Crippen molar-refractivity contribution in [1.29, 1.82) is 0 Å². The Morgan fingerprint density at radius 3 is 2.26 bits per heavy atom. The molecule has 3 heteroatoms. The first kappa shape index (κ1) is 15.5. The van der Waals surface area contributed by atoms with Crippen LogP contribution in [0.2, 0.25) is 0 Å². The number of rotatable bonds is 5. The third kappa shape index (κ3) is 5.20. The van der Waals surface area contributed by atoms with E-state index < -0.39 is 0 Å². The zero-order chi connectivity index (χ0) is 13.5. The third-order valence-corrected chi connectivity index (χ3v) is 5.01. The van der Waals surface area contributed by atoms with Crippen LogP contribution in [0.15, 0.2) is 28.7 Å². The highest BCUT2D eigenvalue weighted by molar-refractivity contribution is 9.10. The van der Waals surface area contributed by atoms with Crippen LogP contribution >= 0.6 is 31.9 Å². The van der Waals surface area contributed by atoms with Gasteiger partial charge in [-0.2, -0.15) is 0 Å². The first-order valence-corrected chi connectivity index (χ1v) is 9.14. The third-order valence-electron chi connectivity index (χ3n) is 3.89. The average Bonchev–Trinajstić information content (AvgIpc) is 2.70. The van der Waals surface area contributed by atoms with E-state index in [0.29, 0.717) is 0 Å². The summed E-state index contributed by atoms with van der Waals surface area (Å²) in [4.78, 5) is 0. The van der Waals surface area contributed by atoms with Crippen molar-refractivity contribution in [1.82, 2.24) is 0 Å². The lowest BCUT2D eigenvalue weighted by atomic mass is 10.0. The average molecular weight is 390 g/mol. The van der Waals surface area contributed by atoms with Crippen molar-refractivity contribution in [2.45, 2.75) is 44.6 Å². The summed E-state index contributed by atoms with van der Waals surface area (Å²) < 4.78 is 7.27. The van der Waals surface area contributed by atoms with Crippen LogP contribution in [0.4, 0.5) is 0 Å². The molecule has 0 N–H and O–H groups in total. The molecular weight excluding hydrogens is 368 g/mol. The second-order valence-electron chi connectivity index (χ2n) is 5.39. The van der Waals surface area contributed by atoms with Crippen LogP contribution in [0, 0.1) is 5.92 Å². The van der Waals surface area contributed by atoms with Gasteiger partial charge >= 0.3 is 0 Å². The summed E-state index contributed by atoms with van der Waals surface area (Å²) in [5, 5.41) is 0.862. The molecule has 106 valence electrons. The van der Waals surface area contributed by atoms with Gasteiger partial charge in [-0.1, -0.05) is 69.7 Å². The molecule has 0 radical (unpaired) electrons. The van der Waals surface area contributed by atoms with Crippen LogP contribution in [0.3, 0.4) is 0 Å². The van der Waals surface area contributed by atoms with E-state index in [-0.39, 0.29) is 6.10 Å². The van der Waals surface area contributed by atoms with Crippen molar-refractivity contribution in [2.75, 3.05) is 11.9 Å². The second-order valence-corrected chi connectivity index (χ2v) is 6.95. The van der Waals surface area contributed by atoms with Gasteiger partial charge in [0.2, 0.25) is 0 Å². The summed E-state index contributed by atoms with van der Waals surface area (Å²) in [6.07, 6.45) is 8.44. The van der Waals surface area contributed by atoms with E-state index in [9.17, 15) is 0 Å². The first-order valence-electron chi connectivity index (χ1n) is 7.22. The number of hydrogen-bond donors (Lipinski definition) is 0. The summed E-state index contributed by atoms with van der Waals surface area (Å²) in [6, 6.07) is 8.45. The molecule has 0 bridgehead atoms. The molecule has 1 aliphatic carbocycles. The van der Waals surface area contributed by atoms with E-state index in [1.807, 2.05) is 0 Å². The van der Waals surface area contributed by atoms with E-state index in [2.05, 4.69) is 56.1 Å². The molecule has 1 atom stereocenters. The highest BCUT2D eigenvalue weighted by Gasteiger charge is 2.16. The lowest BCUT2D eigenvalue weighted by molar-refractivity contribution is 0.0392. The summed E-state index contributed by atoms with van der Waals surface area (Å²) in [7, 11) is 0. The zero-order valence-electron chi connectivity index (χ0n) is 11.3. The van der Waals surface area contributed by atoms with Gasteiger partial charge in [0.1, 0.15) is 0 Å². The van der Waals surface area contributed by atoms with E-state index in [1.165, 1.54) is 44.1 Å². The Kier molecular flexibility index (Phi) is 6.89. The Bertz CT molecular complexity index is 356. The summed E-state index contributed by atoms with van der Waals surface area (Å²) in [6.45, 7) is 0.909. The predicted molar refractivity (Wildman–Crippen MR) is 87.8 cm³/mol. The fourth-order valence-corrected chi connectivity index (χ4v) is 3.52. The van der Waals surface area contributed by atoms with Gasteiger partial charge in [-0.25, -0.2) is 0 Å². The molecule has 19 heavy (non-hydrogen) atoms. The SMILES string of the molecule is BrCC(OCC1CCCCCC1)c1ccc(Br)cc1. The van der Waals surface area contributed by atoms with E-state index in [1.54, 1.807) is 0 Å². The van der Waals surface area contributed by atoms with Gasteiger partial charge in [0, 0.05) is 9.80 Å². The lowest BCUT2D eigenvalue weighted by Gasteiger charge is -2.20.